The van der Waals surface area contributed by atoms with E-state index in [0.29, 0.717) is 35.2 Å². The molecule has 2 aromatic rings. The van der Waals surface area contributed by atoms with Crippen molar-refractivity contribution in [3.05, 3.63) is 53.7 Å². The van der Waals surface area contributed by atoms with Gasteiger partial charge in [-0.15, -0.1) is 0 Å². The third kappa shape index (κ3) is 5.04. The fourth-order valence-electron chi connectivity index (χ4n) is 3.80. The smallest absolute Gasteiger partial charge is 0.252 e. The number of likely N-dealkylation sites (tertiary alicyclic amines) is 1. The van der Waals surface area contributed by atoms with E-state index in [1.54, 1.807) is 31.3 Å². The molecule has 5 nitrogen and oxygen atoms in total. The Kier molecular flexibility index (Phi) is 6.57. The van der Waals surface area contributed by atoms with Gasteiger partial charge in [0.15, 0.2) is 5.78 Å². The highest BCUT2D eigenvalue weighted by Gasteiger charge is 2.23. The summed E-state index contributed by atoms with van der Waals surface area (Å²) in [6.07, 6.45) is 2.72. The zero-order chi connectivity index (χ0) is 20.1. The van der Waals surface area contributed by atoms with Gasteiger partial charge in [-0.1, -0.05) is 38.1 Å². The minimum absolute atomic E-state index is 0.00212. The minimum Gasteiger partial charge on any atom is -0.352 e. The monoisotopic (exact) mass is 379 g/mol. The van der Waals surface area contributed by atoms with Gasteiger partial charge in [0.05, 0.1) is 11.3 Å². The molecule has 3 rings (SSSR count). The van der Waals surface area contributed by atoms with Gasteiger partial charge in [0.2, 0.25) is 0 Å². The number of hydrogen-bond donors (Lipinski definition) is 1. The average Bonchev–Trinajstić information content (AvgIpc) is 3.12. The summed E-state index contributed by atoms with van der Waals surface area (Å²) in [6, 6.07) is 11.0. The van der Waals surface area contributed by atoms with E-state index in [-0.39, 0.29) is 11.7 Å². The lowest BCUT2D eigenvalue weighted by Gasteiger charge is -2.18. The molecule has 1 aliphatic heterocycles. The first kappa shape index (κ1) is 20.2. The van der Waals surface area contributed by atoms with Gasteiger partial charge in [-0.05, 0) is 43.9 Å². The zero-order valence-electron chi connectivity index (χ0n) is 16.9. The van der Waals surface area contributed by atoms with E-state index in [0.717, 1.165) is 31.6 Å². The van der Waals surface area contributed by atoms with Gasteiger partial charge >= 0.3 is 0 Å². The number of hydrogen-bond acceptors (Lipinski definition) is 4. The second kappa shape index (κ2) is 9.11. The number of carbonyl (C=O) groups excluding carboxylic acids is 2. The number of aromatic nitrogens is 1. The lowest BCUT2D eigenvalue weighted by Crippen LogP contribution is -2.31. The number of nitrogens with zero attached hydrogens (tertiary/aromatic N) is 2. The molecule has 0 spiro atoms. The first-order valence-corrected chi connectivity index (χ1v) is 10.0. The van der Waals surface area contributed by atoms with E-state index in [1.165, 1.54) is 0 Å². The molecule has 0 saturated carbocycles. The van der Waals surface area contributed by atoms with Crippen LogP contribution in [0, 0.1) is 11.8 Å². The topological polar surface area (TPSA) is 62.3 Å². The maximum Gasteiger partial charge on any atom is 0.252 e. The van der Waals surface area contributed by atoms with Gasteiger partial charge in [-0.2, -0.15) is 0 Å². The van der Waals surface area contributed by atoms with Crippen LogP contribution in [0.5, 0.6) is 0 Å². The molecule has 1 aliphatic rings. The molecule has 0 aliphatic carbocycles. The highest BCUT2D eigenvalue weighted by molar-refractivity contribution is 6.00. The highest BCUT2D eigenvalue weighted by Crippen LogP contribution is 2.22. The zero-order valence-corrected chi connectivity index (χ0v) is 16.9. The molecule has 1 unspecified atom stereocenters. The second-order valence-corrected chi connectivity index (χ2v) is 8.05. The Hall–Kier alpha value is -2.53. The molecule has 2 heterocycles. The molecule has 0 bridgehead atoms. The number of pyridine rings is 1. The van der Waals surface area contributed by atoms with Crippen molar-refractivity contribution < 1.29 is 9.59 Å². The van der Waals surface area contributed by atoms with Crippen molar-refractivity contribution in [2.24, 2.45) is 11.8 Å². The fraction of sp³-hybridized carbons (Fsp3) is 0.435. The van der Waals surface area contributed by atoms with Crippen molar-refractivity contribution in [1.82, 2.24) is 15.2 Å². The number of carbonyl (C=O) groups is 2. The molecular weight excluding hydrogens is 350 g/mol. The summed E-state index contributed by atoms with van der Waals surface area (Å²) in [5, 5.41) is 3.04. The number of nitrogens with one attached hydrogen (secondary N) is 1. The van der Waals surface area contributed by atoms with Crippen molar-refractivity contribution in [2.45, 2.75) is 27.2 Å². The van der Waals surface area contributed by atoms with Crippen molar-refractivity contribution in [3.63, 3.8) is 0 Å². The first-order chi connectivity index (χ1) is 13.4. The van der Waals surface area contributed by atoms with Crippen LogP contribution < -0.4 is 5.32 Å². The summed E-state index contributed by atoms with van der Waals surface area (Å²) in [5.41, 5.74) is 2.67. The van der Waals surface area contributed by atoms with E-state index in [1.807, 2.05) is 18.2 Å². The molecule has 1 saturated heterocycles. The number of amides is 1. The number of rotatable bonds is 7. The van der Waals surface area contributed by atoms with E-state index in [2.05, 4.69) is 29.0 Å². The first-order valence-electron chi connectivity index (χ1n) is 10.0. The third-order valence-corrected chi connectivity index (χ3v) is 5.15. The van der Waals surface area contributed by atoms with Crippen LogP contribution in [-0.4, -0.2) is 47.8 Å². The predicted molar refractivity (Wildman–Crippen MR) is 111 cm³/mol. The minimum atomic E-state index is -0.0961. The molecule has 1 amide bonds. The molecule has 1 fully saturated rings. The number of benzene rings is 1. The highest BCUT2D eigenvalue weighted by atomic mass is 16.1. The van der Waals surface area contributed by atoms with Gasteiger partial charge in [0.25, 0.3) is 5.91 Å². The van der Waals surface area contributed by atoms with Gasteiger partial charge < -0.3 is 10.2 Å². The molecule has 28 heavy (non-hydrogen) atoms. The third-order valence-electron chi connectivity index (χ3n) is 5.15. The van der Waals surface area contributed by atoms with Crippen molar-refractivity contribution in [2.75, 3.05) is 26.2 Å². The Morgan fingerprint density at radius 2 is 2.00 bits per heavy atom. The number of ketones is 1. The molecule has 0 radical (unpaired) electrons. The van der Waals surface area contributed by atoms with E-state index >= 15 is 0 Å². The van der Waals surface area contributed by atoms with Crippen molar-refractivity contribution in [1.29, 1.82) is 0 Å². The van der Waals surface area contributed by atoms with Crippen LogP contribution in [0.25, 0.3) is 11.3 Å². The van der Waals surface area contributed by atoms with Crippen molar-refractivity contribution >= 4 is 11.7 Å². The fourth-order valence-corrected chi connectivity index (χ4v) is 3.80. The molecule has 5 heteroatoms. The summed E-state index contributed by atoms with van der Waals surface area (Å²) in [6.45, 7) is 10.0. The lowest BCUT2D eigenvalue weighted by atomic mass is 10.0. The summed E-state index contributed by atoms with van der Waals surface area (Å²) in [4.78, 5) is 31.2. The second-order valence-electron chi connectivity index (χ2n) is 8.05. The molecular formula is C23H29N3O2. The van der Waals surface area contributed by atoms with Crippen molar-refractivity contribution in [3.8, 4) is 11.3 Å². The van der Waals surface area contributed by atoms with E-state index < -0.39 is 0 Å². The molecule has 1 aromatic carbocycles. The van der Waals surface area contributed by atoms with E-state index in [9.17, 15) is 9.59 Å². The van der Waals surface area contributed by atoms with Crippen LogP contribution in [0.3, 0.4) is 0 Å². The largest absolute Gasteiger partial charge is 0.352 e. The van der Waals surface area contributed by atoms with Crippen LogP contribution in [0.2, 0.25) is 0 Å². The lowest BCUT2D eigenvalue weighted by molar-refractivity contribution is 0.0946. The summed E-state index contributed by atoms with van der Waals surface area (Å²) >= 11 is 0. The van der Waals surface area contributed by atoms with Crippen LogP contribution in [0.1, 0.15) is 47.9 Å². The Morgan fingerprint density at radius 1 is 1.21 bits per heavy atom. The molecule has 1 N–H and O–H groups in total. The van der Waals surface area contributed by atoms with Gasteiger partial charge in [0, 0.05) is 37.0 Å². The Bertz CT molecular complexity index is 830. The van der Waals surface area contributed by atoms with Gasteiger partial charge in [-0.3, -0.25) is 14.6 Å². The summed E-state index contributed by atoms with van der Waals surface area (Å²) in [5.74, 6) is 1.09. The van der Waals surface area contributed by atoms with Crippen LogP contribution in [0.15, 0.2) is 42.6 Å². The molecule has 1 atom stereocenters. The Labute approximate surface area is 167 Å². The van der Waals surface area contributed by atoms with Gasteiger partial charge in [0.1, 0.15) is 0 Å². The average molecular weight is 380 g/mol. The predicted octanol–water partition coefficient (Wildman–Crippen LogP) is 3.66. The Balaban J connectivity index is 1.58. The summed E-state index contributed by atoms with van der Waals surface area (Å²) in [7, 11) is 0. The van der Waals surface area contributed by atoms with Crippen LogP contribution >= 0.6 is 0 Å². The SMILES string of the molecule is CC(=O)c1ccccc1-c1ccc(C(=O)NCC2CCN(CC(C)C)C2)cn1. The maximum atomic E-state index is 12.5. The normalized spacial score (nSPS) is 17.1. The quantitative estimate of drug-likeness (QED) is 0.746. The van der Waals surface area contributed by atoms with Crippen LogP contribution in [0.4, 0.5) is 0 Å². The van der Waals surface area contributed by atoms with E-state index in [4.69, 9.17) is 0 Å². The molecule has 148 valence electrons. The summed E-state index contributed by atoms with van der Waals surface area (Å²) < 4.78 is 0. The maximum absolute atomic E-state index is 12.5. The standard InChI is InChI=1S/C23H29N3O2/c1-16(2)14-26-11-10-18(15-26)12-25-23(28)19-8-9-22(24-13-19)21-7-5-4-6-20(21)17(3)27/h4-9,13,16,18H,10-12,14-15H2,1-3H3,(H,25,28). The van der Waals surface area contributed by atoms with Crippen LogP contribution in [-0.2, 0) is 0 Å². The van der Waals surface area contributed by atoms with Gasteiger partial charge in [-0.25, -0.2) is 0 Å². The number of Topliss-reactive ketones (excluding diaryl/α,β-unsaturated/α-hetero) is 1. The molecule has 1 aromatic heterocycles. The Morgan fingerprint density at radius 3 is 2.68 bits per heavy atom.